The molecule has 1 aromatic heterocycles. The number of nitrogens with zero attached hydrogens (tertiary/aromatic N) is 1. The van der Waals surface area contributed by atoms with Crippen LogP contribution >= 0.6 is 0 Å². The van der Waals surface area contributed by atoms with E-state index in [9.17, 15) is 0 Å². The minimum atomic E-state index is -0.00933. The monoisotopic (exact) mass is 274 g/mol. The van der Waals surface area contributed by atoms with Crippen molar-refractivity contribution in [3.8, 4) is 0 Å². The molecule has 4 aliphatic carbocycles. The molecule has 4 aliphatic rings. The van der Waals surface area contributed by atoms with Gasteiger partial charge in [0.2, 0.25) is 5.89 Å². The number of nitrogens with two attached hydrogens (primary N) is 1. The van der Waals surface area contributed by atoms with Gasteiger partial charge in [-0.25, -0.2) is 4.98 Å². The van der Waals surface area contributed by atoms with Gasteiger partial charge in [-0.05, 0) is 82.0 Å². The number of aryl methyl sites for hydroxylation is 2. The van der Waals surface area contributed by atoms with Crippen LogP contribution in [-0.4, -0.2) is 4.98 Å². The van der Waals surface area contributed by atoms with Crippen molar-refractivity contribution in [2.75, 3.05) is 0 Å². The van der Waals surface area contributed by atoms with E-state index in [2.05, 4.69) is 4.98 Å². The van der Waals surface area contributed by atoms with Gasteiger partial charge < -0.3 is 10.2 Å². The van der Waals surface area contributed by atoms with E-state index in [1.165, 1.54) is 32.1 Å². The topological polar surface area (TPSA) is 52.0 Å². The highest BCUT2D eigenvalue weighted by Gasteiger charge is 2.48. The first-order chi connectivity index (χ1) is 9.60. The Balaban J connectivity index is 1.48. The van der Waals surface area contributed by atoms with Crippen molar-refractivity contribution >= 4 is 0 Å². The zero-order chi connectivity index (χ0) is 13.9. The normalized spacial score (nSPS) is 40.2. The molecule has 1 heterocycles. The summed E-state index contributed by atoms with van der Waals surface area (Å²) in [5, 5.41) is 0. The fourth-order valence-electron chi connectivity index (χ4n) is 5.47. The van der Waals surface area contributed by atoms with Crippen LogP contribution in [0.25, 0.3) is 0 Å². The Kier molecular flexibility index (Phi) is 2.95. The fourth-order valence-corrected chi connectivity index (χ4v) is 5.47. The second-order valence-electron chi connectivity index (χ2n) is 7.63. The number of hydrogen-bond donors (Lipinski definition) is 1. The fraction of sp³-hybridized carbons (Fsp3) is 0.824. The Morgan fingerprint density at radius 2 is 1.70 bits per heavy atom. The Morgan fingerprint density at radius 1 is 1.10 bits per heavy atom. The van der Waals surface area contributed by atoms with Crippen LogP contribution in [0.15, 0.2) is 4.42 Å². The van der Waals surface area contributed by atoms with Crippen LogP contribution < -0.4 is 5.73 Å². The van der Waals surface area contributed by atoms with Crippen molar-refractivity contribution in [2.45, 2.75) is 58.4 Å². The van der Waals surface area contributed by atoms with E-state index in [0.717, 1.165) is 53.4 Å². The third kappa shape index (κ3) is 2.02. The maximum absolute atomic E-state index is 6.40. The van der Waals surface area contributed by atoms with Crippen LogP contribution in [0.4, 0.5) is 0 Å². The lowest BCUT2D eigenvalue weighted by Crippen LogP contribution is -2.45. The molecule has 0 radical (unpaired) electrons. The second-order valence-corrected chi connectivity index (χ2v) is 7.63. The molecule has 4 saturated carbocycles. The lowest BCUT2D eigenvalue weighted by molar-refractivity contribution is -0.0428. The summed E-state index contributed by atoms with van der Waals surface area (Å²) in [5.74, 6) is 6.45. The van der Waals surface area contributed by atoms with Gasteiger partial charge in [-0.1, -0.05) is 0 Å². The smallest absolute Gasteiger partial charge is 0.211 e. The Morgan fingerprint density at radius 3 is 2.20 bits per heavy atom. The number of aromatic nitrogens is 1. The molecule has 0 aliphatic heterocycles. The molecular formula is C17H26N2O. The maximum Gasteiger partial charge on any atom is 0.211 e. The molecule has 20 heavy (non-hydrogen) atoms. The molecule has 0 spiro atoms. The summed E-state index contributed by atoms with van der Waals surface area (Å²) in [7, 11) is 0. The van der Waals surface area contributed by atoms with E-state index in [4.69, 9.17) is 10.2 Å². The molecule has 1 aromatic rings. The molecule has 4 bridgehead atoms. The SMILES string of the molecule is Cc1nc(C(N)CC2C3CC4CC(C3)CC2C4)oc1C. The standard InChI is InChI=1S/C17H26N2O/c1-9-10(2)20-17(19-9)16(18)8-15-13-4-11-3-12(6-13)7-14(15)5-11/h11-16H,3-8,18H2,1-2H3. The van der Waals surface area contributed by atoms with Crippen molar-refractivity contribution in [1.29, 1.82) is 0 Å². The first kappa shape index (κ1) is 12.9. The summed E-state index contributed by atoms with van der Waals surface area (Å²) in [6, 6.07) is -0.00933. The van der Waals surface area contributed by atoms with Crippen LogP contribution in [0, 0.1) is 43.4 Å². The van der Waals surface area contributed by atoms with Gasteiger partial charge >= 0.3 is 0 Å². The highest BCUT2D eigenvalue weighted by Crippen LogP contribution is 2.58. The van der Waals surface area contributed by atoms with E-state index >= 15 is 0 Å². The van der Waals surface area contributed by atoms with Gasteiger partial charge in [0.25, 0.3) is 0 Å². The molecule has 4 fully saturated rings. The lowest BCUT2D eigenvalue weighted by Gasteiger charge is -2.55. The molecule has 3 heteroatoms. The third-order valence-corrected chi connectivity index (χ3v) is 6.31. The van der Waals surface area contributed by atoms with Gasteiger partial charge in [-0.15, -0.1) is 0 Å². The van der Waals surface area contributed by atoms with Crippen LogP contribution in [0.2, 0.25) is 0 Å². The maximum atomic E-state index is 6.40. The van der Waals surface area contributed by atoms with Crippen LogP contribution in [-0.2, 0) is 0 Å². The van der Waals surface area contributed by atoms with Crippen LogP contribution in [0.3, 0.4) is 0 Å². The highest BCUT2D eigenvalue weighted by atomic mass is 16.4. The number of oxazole rings is 1. The largest absolute Gasteiger partial charge is 0.444 e. The van der Waals surface area contributed by atoms with E-state index in [1.54, 1.807) is 0 Å². The van der Waals surface area contributed by atoms with Crippen molar-refractivity contribution in [3.63, 3.8) is 0 Å². The first-order valence-corrected chi connectivity index (χ1v) is 8.29. The molecule has 0 saturated heterocycles. The highest BCUT2D eigenvalue weighted by molar-refractivity contribution is 5.08. The van der Waals surface area contributed by atoms with Crippen molar-refractivity contribution in [1.82, 2.24) is 4.98 Å². The molecule has 0 amide bonds. The van der Waals surface area contributed by atoms with E-state index in [0.29, 0.717) is 0 Å². The quantitative estimate of drug-likeness (QED) is 0.913. The summed E-state index contributed by atoms with van der Waals surface area (Å²) in [4.78, 5) is 4.50. The predicted molar refractivity (Wildman–Crippen MR) is 78.1 cm³/mol. The van der Waals surface area contributed by atoms with Crippen molar-refractivity contribution < 1.29 is 4.42 Å². The van der Waals surface area contributed by atoms with Crippen LogP contribution in [0.1, 0.15) is 61.9 Å². The molecule has 1 atom stereocenters. The summed E-state index contributed by atoms with van der Waals surface area (Å²) in [6.07, 6.45) is 8.46. The summed E-state index contributed by atoms with van der Waals surface area (Å²) in [6.45, 7) is 3.97. The van der Waals surface area contributed by atoms with Gasteiger partial charge in [0.05, 0.1) is 11.7 Å². The minimum Gasteiger partial charge on any atom is -0.444 e. The molecule has 1 unspecified atom stereocenters. The summed E-state index contributed by atoms with van der Waals surface area (Å²) >= 11 is 0. The third-order valence-electron chi connectivity index (χ3n) is 6.31. The van der Waals surface area contributed by atoms with Gasteiger partial charge in [0.15, 0.2) is 0 Å². The average Bonchev–Trinajstić information content (AvgIpc) is 2.73. The van der Waals surface area contributed by atoms with Gasteiger partial charge in [0, 0.05) is 0 Å². The van der Waals surface area contributed by atoms with E-state index < -0.39 is 0 Å². The van der Waals surface area contributed by atoms with E-state index in [1.807, 2.05) is 13.8 Å². The summed E-state index contributed by atoms with van der Waals surface area (Å²) < 4.78 is 5.73. The zero-order valence-electron chi connectivity index (χ0n) is 12.6. The number of hydrogen-bond acceptors (Lipinski definition) is 3. The minimum absolute atomic E-state index is 0.00933. The van der Waals surface area contributed by atoms with Gasteiger partial charge in [0.1, 0.15) is 5.76 Å². The summed E-state index contributed by atoms with van der Waals surface area (Å²) in [5.41, 5.74) is 7.39. The molecule has 3 nitrogen and oxygen atoms in total. The van der Waals surface area contributed by atoms with E-state index in [-0.39, 0.29) is 6.04 Å². The Labute approximate surface area is 121 Å². The number of rotatable bonds is 3. The molecular weight excluding hydrogens is 248 g/mol. The first-order valence-electron chi connectivity index (χ1n) is 8.29. The molecule has 5 rings (SSSR count). The lowest BCUT2D eigenvalue weighted by atomic mass is 9.51. The predicted octanol–water partition coefficient (Wildman–Crippen LogP) is 3.75. The second kappa shape index (κ2) is 4.59. The van der Waals surface area contributed by atoms with Gasteiger partial charge in [-0.3, -0.25) is 0 Å². The zero-order valence-corrected chi connectivity index (χ0v) is 12.6. The Hall–Kier alpha value is -0.830. The Bertz CT molecular complexity index is 460. The van der Waals surface area contributed by atoms with Crippen molar-refractivity contribution in [3.05, 3.63) is 17.3 Å². The molecule has 0 aromatic carbocycles. The molecule has 2 N–H and O–H groups in total. The van der Waals surface area contributed by atoms with Crippen LogP contribution in [0.5, 0.6) is 0 Å². The van der Waals surface area contributed by atoms with Gasteiger partial charge in [-0.2, -0.15) is 0 Å². The van der Waals surface area contributed by atoms with Crippen molar-refractivity contribution in [2.24, 2.45) is 35.3 Å². The molecule has 110 valence electrons. The average molecular weight is 274 g/mol.